The van der Waals surface area contributed by atoms with Crippen LogP contribution < -0.4 is 0 Å². The molecule has 0 aliphatic heterocycles. The van der Waals surface area contributed by atoms with Gasteiger partial charge in [-0.15, -0.1) is 19.7 Å². The fraction of sp³-hybridized carbons (Fsp3) is 0.250. The summed E-state index contributed by atoms with van der Waals surface area (Å²) in [6, 6.07) is 0. The van der Waals surface area contributed by atoms with Gasteiger partial charge in [0.2, 0.25) is 0 Å². The lowest BCUT2D eigenvalue weighted by atomic mass is 10.5. The summed E-state index contributed by atoms with van der Waals surface area (Å²) >= 11 is 0. The highest BCUT2D eigenvalue weighted by Crippen LogP contribution is 1.66. The first kappa shape index (κ1) is 23.2. The first-order chi connectivity index (χ1) is 4.91. The van der Waals surface area contributed by atoms with Gasteiger partial charge >= 0.3 is 0 Å². The molecule has 0 saturated heterocycles. The molecule has 60 valence electrons. The van der Waals surface area contributed by atoms with Gasteiger partial charge in [-0.25, -0.2) is 0 Å². The number of hydrogen-bond donors (Lipinski definition) is 2. The van der Waals surface area contributed by atoms with Crippen molar-refractivity contribution in [1.82, 2.24) is 0 Å². The van der Waals surface area contributed by atoms with Crippen molar-refractivity contribution in [2.45, 2.75) is 13.3 Å². The van der Waals surface area contributed by atoms with E-state index in [1.807, 2.05) is 6.08 Å². The average Bonchev–Trinajstić information content (AvgIpc) is 2.14. The first-order valence-corrected chi connectivity index (χ1v) is 2.73. The second-order valence-electron chi connectivity index (χ2n) is 0.697. The molecule has 0 bridgehead atoms. The highest BCUT2D eigenvalue weighted by molar-refractivity contribution is 5.16. The zero-order valence-corrected chi connectivity index (χ0v) is 6.82. The van der Waals surface area contributed by atoms with E-state index in [4.69, 9.17) is 10.8 Å². The van der Waals surface area contributed by atoms with Crippen LogP contribution in [0.15, 0.2) is 25.8 Å². The Kier molecular flexibility index (Phi) is 1260. The summed E-state index contributed by atoms with van der Waals surface area (Å²) in [6.07, 6.45) is 2.96. The lowest BCUT2D eigenvalue weighted by Crippen LogP contribution is -1.36. The normalized spacial score (nSPS) is 3.70. The van der Waals surface area contributed by atoms with Gasteiger partial charge in [-0.1, -0.05) is 13.0 Å². The number of allylic oxidation sites excluding steroid dienone is 1. The van der Waals surface area contributed by atoms with Gasteiger partial charge < -0.3 is 10.8 Å². The maximum absolute atomic E-state index is 5.50. The van der Waals surface area contributed by atoms with Crippen LogP contribution in [-0.4, -0.2) is 13.4 Å². The van der Waals surface area contributed by atoms with Crippen LogP contribution in [0.5, 0.6) is 0 Å². The monoisotopic (exact) mass is 142 g/mol. The van der Waals surface area contributed by atoms with Crippen LogP contribution in [0.1, 0.15) is 13.3 Å². The maximum atomic E-state index is 5.50. The standard InChI is InChI=1S/C4H8.C2H4.2CH3N/c1-3-4-2;3*1-2/h3H,1,4H2,2H3;1-2H2;2*2H,1H2. The summed E-state index contributed by atoms with van der Waals surface area (Å²) in [5, 5.41) is 11.0. The van der Waals surface area contributed by atoms with E-state index in [-0.39, 0.29) is 0 Å². The first-order valence-electron chi connectivity index (χ1n) is 2.73. The second-order valence-corrected chi connectivity index (χ2v) is 0.697. The third-order valence-corrected chi connectivity index (χ3v) is 0.289. The Labute approximate surface area is 64.3 Å². The molecule has 0 aliphatic carbocycles. The van der Waals surface area contributed by atoms with E-state index < -0.39 is 0 Å². The van der Waals surface area contributed by atoms with Crippen molar-refractivity contribution >= 4 is 13.4 Å². The van der Waals surface area contributed by atoms with Crippen molar-refractivity contribution < 1.29 is 0 Å². The number of nitrogens with one attached hydrogen (secondary N) is 2. The number of rotatable bonds is 1. The second kappa shape index (κ2) is 541. The molecule has 0 heterocycles. The van der Waals surface area contributed by atoms with E-state index in [0.29, 0.717) is 0 Å². The minimum Gasteiger partial charge on any atom is -0.317 e. The Hall–Kier alpha value is -1.18. The van der Waals surface area contributed by atoms with Crippen LogP contribution in [0.4, 0.5) is 0 Å². The molecule has 0 rings (SSSR count). The fourth-order valence-electron chi connectivity index (χ4n) is 0. The molecular formula is C8H18N2. The summed E-state index contributed by atoms with van der Waals surface area (Å²) in [5.41, 5.74) is 0. The molecule has 2 heteroatoms. The van der Waals surface area contributed by atoms with E-state index in [0.717, 1.165) is 6.42 Å². The van der Waals surface area contributed by atoms with Crippen LogP contribution in [0.3, 0.4) is 0 Å². The highest BCUT2D eigenvalue weighted by atomic mass is 14.2. The molecule has 0 atom stereocenters. The van der Waals surface area contributed by atoms with Crippen molar-refractivity contribution in [3.63, 3.8) is 0 Å². The van der Waals surface area contributed by atoms with Crippen LogP contribution in [0.25, 0.3) is 0 Å². The van der Waals surface area contributed by atoms with Crippen LogP contribution in [-0.2, 0) is 0 Å². The average molecular weight is 142 g/mol. The topological polar surface area (TPSA) is 47.7 Å². The minimum absolute atomic E-state index is 1.08. The van der Waals surface area contributed by atoms with Crippen molar-refractivity contribution in [2.24, 2.45) is 0 Å². The van der Waals surface area contributed by atoms with Crippen molar-refractivity contribution in [3.8, 4) is 0 Å². The third kappa shape index (κ3) is 7130. The summed E-state index contributed by atoms with van der Waals surface area (Å²) in [4.78, 5) is 0. The van der Waals surface area contributed by atoms with E-state index in [9.17, 15) is 0 Å². The zero-order chi connectivity index (χ0) is 9.41. The van der Waals surface area contributed by atoms with Crippen molar-refractivity contribution in [1.29, 1.82) is 10.8 Å². The molecule has 0 aromatic heterocycles. The highest BCUT2D eigenvalue weighted by Gasteiger charge is 1.45. The van der Waals surface area contributed by atoms with Gasteiger partial charge in [0.15, 0.2) is 0 Å². The van der Waals surface area contributed by atoms with E-state index in [2.05, 4.69) is 40.1 Å². The van der Waals surface area contributed by atoms with Crippen LogP contribution in [0.2, 0.25) is 0 Å². The number of hydrogen-bond acceptors (Lipinski definition) is 2. The lowest BCUT2D eigenvalue weighted by molar-refractivity contribution is 1.23. The van der Waals surface area contributed by atoms with Gasteiger partial charge in [0.05, 0.1) is 0 Å². The van der Waals surface area contributed by atoms with Crippen molar-refractivity contribution in [2.75, 3.05) is 0 Å². The fourth-order valence-corrected chi connectivity index (χ4v) is 0. The molecule has 10 heavy (non-hydrogen) atoms. The van der Waals surface area contributed by atoms with E-state index in [1.165, 1.54) is 0 Å². The Morgan fingerprint density at radius 3 is 1.20 bits per heavy atom. The van der Waals surface area contributed by atoms with E-state index in [1.54, 1.807) is 0 Å². The molecule has 0 spiro atoms. The zero-order valence-electron chi connectivity index (χ0n) is 6.82. The van der Waals surface area contributed by atoms with Gasteiger partial charge in [-0.05, 0) is 19.9 Å². The Morgan fingerprint density at radius 1 is 1.10 bits per heavy atom. The predicted octanol–water partition coefficient (Wildman–Crippen LogP) is 2.92. The molecule has 0 aromatic carbocycles. The molecule has 2 nitrogen and oxygen atoms in total. The van der Waals surface area contributed by atoms with Crippen LogP contribution >= 0.6 is 0 Å². The molecule has 2 N–H and O–H groups in total. The Morgan fingerprint density at radius 2 is 1.20 bits per heavy atom. The van der Waals surface area contributed by atoms with Crippen LogP contribution in [0, 0.1) is 10.8 Å². The molecule has 0 amide bonds. The summed E-state index contributed by atoms with van der Waals surface area (Å²) in [7, 11) is 0. The SMILES string of the molecule is C=C.C=CCC.C=N.C=N. The molecule has 0 saturated carbocycles. The molecular weight excluding hydrogens is 124 g/mol. The largest absolute Gasteiger partial charge is 0.317 e. The van der Waals surface area contributed by atoms with Gasteiger partial charge in [0.25, 0.3) is 0 Å². The quantitative estimate of drug-likeness (QED) is 0.418. The maximum Gasteiger partial charge on any atom is -0.0187 e. The van der Waals surface area contributed by atoms with Gasteiger partial charge in [0.1, 0.15) is 0 Å². The Balaban J connectivity index is -0.0000000262. The van der Waals surface area contributed by atoms with Gasteiger partial charge in [-0.2, -0.15) is 0 Å². The molecule has 0 unspecified atom stereocenters. The van der Waals surface area contributed by atoms with E-state index >= 15 is 0 Å². The smallest absolute Gasteiger partial charge is 0.0187 e. The Bertz CT molecular complexity index is 39.8. The van der Waals surface area contributed by atoms with Gasteiger partial charge in [0, 0.05) is 0 Å². The predicted molar refractivity (Wildman–Crippen MR) is 51.4 cm³/mol. The molecule has 0 radical (unpaired) electrons. The third-order valence-electron chi connectivity index (χ3n) is 0.289. The summed E-state index contributed by atoms with van der Waals surface area (Å²) in [5.74, 6) is 0. The minimum atomic E-state index is 1.08. The molecule has 0 fully saturated rings. The summed E-state index contributed by atoms with van der Waals surface area (Å²) < 4.78 is 0. The van der Waals surface area contributed by atoms with Gasteiger partial charge in [-0.3, -0.25) is 0 Å². The van der Waals surface area contributed by atoms with Crippen molar-refractivity contribution in [3.05, 3.63) is 25.8 Å². The summed E-state index contributed by atoms with van der Waals surface area (Å²) in [6.45, 7) is 16.5. The lowest BCUT2D eigenvalue weighted by Gasteiger charge is -1.57. The molecule has 0 aliphatic rings. The molecule has 0 aromatic rings.